The van der Waals surface area contributed by atoms with Gasteiger partial charge in [0.25, 0.3) is 5.91 Å². The third kappa shape index (κ3) is 4.75. The van der Waals surface area contributed by atoms with E-state index in [1.165, 1.54) is 0 Å². The molecule has 0 aliphatic rings. The fourth-order valence-electron chi connectivity index (χ4n) is 1.54. The number of nitrogens with one attached hydrogen (secondary N) is 1. The van der Waals surface area contributed by atoms with E-state index >= 15 is 0 Å². The largest absolute Gasteiger partial charge is 0.378 e. The van der Waals surface area contributed by atoms with Crippen molar-refractivity contribution in [3.05, 3.63) is 35.4 Å². The molecule has 4 heteroatoms. The average Bonchev–Trinajstić information content (AvgIpc) is 2.38. The lowest BCUT2D eigenvalue weighted by molar-refractivity contribution is 0.0922. The molecule has 1 N–H and O–H groups in total. The molecule has 0 heterocycles. The summed E-state index contributed by atoms with van der Waals surface area (Å²) >= 11 is 5.47. The molecule has 0 atom stereocenters. The Labute approximate surface area is 107 Å². The third-order valence-electron chi connectivity index (χ3n) is 2.40. The Balaban J connectivity index is 2.41. The number of rotatable bonds is 7. The molecule has 3 nitrogen and oxygen atoms in total. The summed E-state index contributed by atoms with van der Waals surface area (Å²) in [5.74, 6) is 0.434. The van der Waals surface area contributed by atoms with Crippen LogP contribution in [0.4, 0.5) is 0 Å². The van der Waals surface area contributed by atoms with Crippen LogP contribution in [0.2, 0.25) is 0 Å². The molecule has 0 saturated heterocycles. The number of halogens is 1. The van der Waals surface area contributed by atoms with Gasteiger partial charge in [0.15, 0.2) is 0 Å². The predicted molar refractivity (Wildman–Crippen MR) is 69.7 cm³/mol. The fraction of sp³-hybridized carbons (Fsp3) is 0.462. The van der Waals surface area contributed by atoms with Gasteiger partial charge in [0.2, 0.25) is 0 Å². The van der Waals surface area contributed by atoms with Crippen LogP contribution in [-0.4, -0.2) is 31.5 Å². The van der Waals surface area contributed by atoms with Gasteiger partial charge < -0.3 is 10.1 Å². The van der Waals surface area contributed by atoms with Crippen molar-refractivity contribution in [2.75, 3.05) is 25.6 Å². The van der Waals surface area contributed by atoms with Crippen LogP contribution in [0.3, 0.4) is 0 Å². The molecule has 0 aliphatic carbocycles. The normalized spacial score (nSPS) is 10.2. The highest BCUT2D eigenvalue weighted by Crippen LogP contribution is 2.08. The molecule has 0 bridgehead atoms. The Morgan fingerprint density at radius 1 is 1.35 bits per heavy atom. The first-order valence-electron chi connectivity index (χ1n) is 5.79. The molecule has 0 fully saturated rings. The lowest BCUT2D eigenvalue weighted by Crippen LogP contribution is -2.28. The van der Waals surface area contributed by atoms with Crippen LogP contribution in [0.5, 0.6) is 0 Å². The molecule has 0 spiro atoms. The maximum Gasteiger partial charge on any atom is 0.251 e. The van der Waals surface area contributed by atoms with Crippen molar-refractivity contribution in [2.24, 2.45) is 0 Å². The van der Waals surface area contributed by atoms with Gasteiger partial charge >= 0.3 is 0 Å². The highest BCUT2D eigenvalue weighted by atomic mass is 35.5. The van der Waals surface area contributed by atoms with Crippen LogP contribution in [0.1, 0.15) is 22.8 Å². The highest BCUT2D eigenvalue weighted by Gasteiger charge is 2.08. The molecule has 0 unspecified atom stereocenters. The Hall–Kier alpha value is -1.06. The van der Waals surface area contributed by atoms with Crippen molar-refractivity contribution in [1.29, 1.82) is 0 Å². The summed E-state index contributed by atoms with van der Waals surface area (Å²) < 4.78 is 5.18. The Morgan fingerprint density at radius 2 is 2.12 bits per heavy atom. The van der Waals surface area contributed by atoms with E-state index in [2.05, 4.69) is 5.32 Å². The predicted octanol–water partition coefficient (Wildman–Crippen LogP) is 2.23. The second-order valence-electron chi connectivity index (χ2n) is 3.57. The Morgan fingerprint density at radius 3 is 2.82 bits per heavy atom. The minimum Gasteiger partial charge on any atom is -0.378 e. The van der Waals surface area contributed by atoms with Crippen LogP contribution in [-0.2, 0) is 11.2 Å². The average molecular weight is 256 g/mol. The number of ether oxygens (including phenoxy) is 1. The minimum atomic E-state index is -0.0445. The Bertz CT molecular complexity index is 355. The van der Waals surface area contributed by atoms with Gasteiger partial charge in [-0.15, -0.1) is 11.6 Å². The van der Waals surface area contributed by atoms with E-state index in [-0.39, 0.29) is 5.91 Å². The topological polar surface area (TPSA) is 38.3 Å². The first kappa shape index (κ1) is 14.0. The smallest absolute Gasteiger partial charge is 0.251 e. The molecular weight excluding hydrogens is 238 g/mol. The van der Waals surface area contributed by atoms with Gasteiger partial charge in [-0.25, -0.2) is 0 Å². The summed E-state index contributed by atoms with van der Waals surface area (Å²) in [6.07, 6.45) is 0.854. The Kier molecular flexibility index (Phi) is 6.67. The van der Waals surface area contributed by atoms with Gasteiger partial charge in [0.1, 0.15) is 0 Å². The van der Waals surface area contributed by atoms with Crippen molar-refractivity contribution in [3.63, 3.8) is 0 Å². The molecule has 1 aromatic rings. The van der Waals surface area contributed by atoms with Gasteiger partial charge in [-0.1, -0.05) is 25.1 Å². The number of hydrogen-bond acceptors (Lipinski definition) is 2. The van der Waals surface area contributed by atoms with Crippen LogP contribution in [0.25, 0.3) is 0 Å². The van der Waals surface area contributed by atoms with Crippen LogP contribution in [0.15, 0.2) is 24.3 Å². The van der Waals surface area contributed by atoms with E-state index in [9.17, 15) is 4.79 Å². The summed E-state index contributed by atoms with van der Waals surface area (Å²) in [5.41, 5.74) is 1.80. The zero-order valence-corrected chi connectivity index (χ0v) is 10.8. The van der Waals surface area contributed by atoms with Crippen LogP contribution >= 0.6 is 11.6 Å². The van der Waals surface area contributed by atoms with E-state index in [4.69, 9.17) is 16.3 Å². The number of benzene rings is 1. The molecule has 0 radical (unpaired) electrons. The van der Waals surface area contributed by atoms with Crippen molar-refractivity contribution < 1.29 is 9.53 Å². The van der Waals surface area contributed by atoms with Gasteiger partial charge in [0, 0.05) is 18.0 Å². The van der Waals surface area contributed by atoms with Crippen molar-refractivity contribution >= 4 is 17.5 Å². The van der Waals surface area contributed by atoms with Crippen LogP contribution in [0, 0.1) is 0 Å². The number of aryl methyl sites for hydroxylation is 1. The van der Waals surface area contributed by atoms with E-state index < -0.39 is 0 Å². The molecule has 0 aromatic heterocycles. The van der Waals surface area contributed by atoms with E-state index in [0.717, 1.165) is 17.5 Å². The number of alkyl halides is 1. The summed E-state index contributed by atoms with van der Waals surface area (Å²) in [5, 5.41) is 2.83. The second kappa shape index (κ2) is 8.09. The van der Waals surface area contributed by atoms with E-state index in [1.807, 2.05) is 31.2 Å². The standard InChI is InChI=1S/C13H18ClNO2/c1-2-11-5-3-4-6-12(11)13(16)15-8-10-17-9-7-14/h3-6H,2,7-10H2,1H3,(H,15,16). The molecule has 1 amide bonds. The molecule has 1 aromatic carbocycles. The van der Waals surface area contributed by atoms with Crippen molar-refractivity contribution in [3.8, 4) is 0 Å². The minimum absolute atomic E-state index is 0.0445. The number of carbonyl (C=O) groups is 1. The summed E-state index contributed by atoms with van der Waals surface area (Å²) in [6.45, 7) is 3.55. The van der Waals surface area contributed by atoms with E-state index in [1.54, 1.807) is 0 Å². The lowest BCUT2D eigenvalue weighted by Gasteiger charge is -2.08. The molecule has 0 saturated carbocycles. The first-order chi connectivity index (χ1) is 8.29. The molecule has 94 valence electrons. The molecular formula is C13H18ClNO2. The van der Waals surface area contributed by atoms with E-state index in [0.29, 0.717) is 25.6 Å². The fourth-order valence-corrected chi connectivity index (χ4v) is 1.65. The summed E-state index contributed by atoms with van der Waals surface area (Å²) in [4.78, 5) is 11.9. The molecule has 1 rings (SSSR count). The summed E-state index contributed by atoms with van der Waals surface area (Å²) in [6, 6.07) is 7.63. The van der Waals surface area contributed by atoms with Gasteiger partial charge in [-0.2, -0.15) is 0 Å². The van der Waals surface area contributed by atoms with Gasteiger partial charge in [0.05, 0.1) is 13.2 Å². The van der Waals surface area contributed by atoms with Gasteiger partial charge in [-0.05, 0) is 18.1 Å². The molecule has 0 aliphatic heterocycles. The monoisotopic (exact) mass is 255 g/mol. The number of hydrogen-bond donors (Lipinski definition) is 1. The lowest BCUT2D eigenvalue weighted by atomic mass is 10.0. The van der Waals surface area contributed by atoms with Crippen molar-refractivity contribution in [1.82, 2.24) is 5.32 Å². The maximum atomic E-state index is 11.9. The quantitative estimate of drug-likeness (QED) is 0.599. The second-order valence-corrected chi connectivity index (χ2v) is 3.95. The zero-order chi connectivity index (χ0) is 12.5. The van der Waals surface area contributed by atoms with Crippen LogP contribution < -0.4 is 5.32 Å². The number of amides is 1. The number of carbonyl (C=O) groups excluding carboxylic acids is 1. The zero-order valence-electron chi connectivity index (χ0n) is 10.0. The molecule has 17 heavy (non-hydrogen) atoms. The van der Waals surface area contributed by atoms with Crippen molar-refractivity contribution in [2.45, 2.75) is 13.3 Å². The SMILES string of the molecule is CCc1ccccc1C(=O)NCCOCCCl. The maximum absolute atomic E-state index is 11.9. The summed E-state index contributed by atoms with van der Waals surface area (Å²) in [7, 11) is 0. The van der Waals surface area contributed by atoms with Gasteiger partial charge in [-0.3, -0.25) is 4.79 Å². The third-order valence-corrected chi connectivity index (χ3v) is 2.55. The highest BCUT2D eigenvalue weighted by molar-refractivity contribution is 6.17. The first-order valence-corrected chi connectivity index (χ1v) is 6.32.